The molecule has 1 unspecified atom stereocenters. The summed E-state index contributed by atoms with van der Waals surface area (Å²) in [4.78, 5) is 11.7. The average molecular weight is 431 g/mol. The second-order valence-electron chi connectivity index (χ2n) is 6.24. The quantitative estimate of drug-likeness (QED) is 0.371. The molecule has 0 heterocycles. The number of carbonyl (C=O) groups is 1. The Bertz CT molecular complexity index is 656. The summed E-state index contributed by atoms with van der Waals surface area (Å²) in [6.45, 7) is 15.2. The molecular weight excluding hydrogens is 388 g/mol. The standard InChI is InChI=1S/C19H24N2OS.C3H6.2C2H6/c1-14(19(22)21-23-2)12-18(20)13-15-8-10-17(11-9-15)16-6-4-3-5-7-16;1-3-2;2*1-2/h3-11,14,18H,12-13,20H2,1-2H3,(H,21,22);3H,1H2,2H3;2*1-2H3/t14-,18?;;;/m1.../s1. The summed E-state index contributed by atoms with van der Waals surface area (Å²) in [6, 6.07) is 18.8. The lowest BCUT2D eigenvalue weighted by atomic mass is 9.95. The van der Waals surface area contributed by atoms with Gasteiger partial charge in [0, 0.05) is 18.2 Å². The molecule has 0 aliphatic carbocycles. The lowest BCUT2D eigenvalue weighted by molar-refractivity contribution is -0.122. The van der Waals surface area contributed by atoms with Crippen LogP contribution in [-0.4, -0.2) is 18.2 Å². The molecule has 0 fully saturated rings. The summed E-state index contributed by atoms with van der Waals surface area (Å²) in [7, 11) is 0. The van der Waals surface area contributed by atoms with E-state index in [-0.39, 0.29) is 17.9 Å². The van der Waals surface area contributed by atoms with Crippen LogP contribution in [0.1, 0.15) is 53.5 Å². The van der Waals surface area contributed by atoms with Crippen molar-refractivity contribution >= 4 is 17.9 Å². The van der Waals surface area contributed by atoms with Crippen LogP contribution in [0.25, 0.3) is 11.1 Å². The number of carbonyl (C=O) groups excluding carboxylic acids is 1. The number of amides is 1. The fraction of sp³-hybridized carbons (Fsp3) is 0.423. The molecular formula is C26H42N2OS. The predicted octanol–water partition coefficient (Wildman–Crippen LogP) is 6.89. The van der Waals surface area contributed by atoms with Gasteiger partial charge in [-0.3, -0.25) is 4.79 Å². The average Bonchev–Trinajstić information content (AvgIpc) is 2.78. The summed E-state index contributed by atoms with van der Waals surface area (Å²) < 4.78 is 2.76. The van der Waals surface area contributed by atoms with Crippen molar-refractivity contribution in [2.45, 2.75) is 60.4 Å². The van der Waals surface area contributed by atoms with Gasteiger partial charge in [-0.25, -0.2) is 0 Å². The van der Waals surface area contributed by atoms with E-state index in [9.17, 15) is 4.79 Å². The maximum atomic E-state index is 11.7. The number of benzene rings is 2. The van der Waals surface area contributed by atoms with Gasteiger partial charge in [0.1, 0.15) is 0 Å². The van der Waals surface area contributed by atoms with Crippen molar-refractivity contribution in [3.63, 3.8) is 0 Å². The number of allylic oxidation sites excluding steroid dienone is 1. The topological polar surface area (TPSA) is 55.1 Å². The summed E-state index contributed by atoms with van der Waals surface area (Å²) in [5.41, 5.74) is 9.82. The van der Waals surface area contributed by atoms with Crippen molar-refractivity contribution < 1.29 is 4.79 Å². The second kappa shape index (κ2) is 20.2. The van der Waals surface area contributed by atoms with Crippen LogP contribution in [0.3, 0.4) is 0 Å². The zero-order valence-corrected chi connectivity index (χ0v) is 20.8. The predicted molar refractivity (Wildman–Crippen MR) is 138 cm³/mol. The van der Waals surface area contributed by atoms with Gasteiger partial charge >= 0.3 is 0 Å². The van der Waals surface area contributed by atoms with Crippen molar-refractivity contribution in [1.82, 2.24) is 4.72 Å². The van der Waals surface area contributed by atoms with Gasteiger partial charge in [0.25, 0.3) is 0 Å². The van der Waals surface area contributed by atoms with Crippen LogP contribution >= 0.6 is 11.9 Å². The Morgan fingerprint density at radius 3 is 1.97 bits per heavy atom. The van der Waals surface area contributed by atoms with Gasteiger partial charge in [0.2, 0.25) is 5.91 Å². The van der Waals surface area contributed by atoms with Gasteiger partial charge in [-0.1, -0.05) is 107 Å². The highest BCUT2D eigenvalue weighted by Crippen LogP contribution is 2.20. The molecule has 0 spiro atoms. The molecule has 2 atom stereocenters. The smallest absolute Gasteiger partial charge is 0.232 e. The molecule has 0 saturated heterocycles. The molecule has 3 N–H and O–H groups in total. The lowest BCUT2D eigenvalue weighted by Crippen LogP contribution is -2.31. The Labute approximate surface area is 189 Å². The third kappa shape index (κ3) is 13.2. The first kappa shape index (κ1) is 30.2. The van der Waals surface area contributed by atoms with Crippen LogP contribution in [0.4, 0.5) is 0 Å². The molecule has 0 aromatic heterocycles. The Morgan fingerprint density at radius 1 is 1.03 bits per heavy atom. The number of hydrogen-bond acceptors (Lipinski definition) is 3. The number of nitrogens with two attached hydrogens (primary N) is 1. The van der Waals surface area contributed by atoms with E-state index >= 15 is 0 Å². The van der Waals surface area contributed by atoms with Gasteiger partial charge < -0.3 is 10.5 Å². The molecule has 168 valence electrons. The fourth-order valence-electron chi connectivity index (χ4n) is 2.61. The molecule has 4 heteroatoms. The van der Waals surface area contributed by atoms with Crippen LogP contribution in [0.15, 0.2) is 67.3 Å². The minimum Gasteiger partial charge on any atom is -0.327 e. The van der Waals surface area contributed by atoms with Crippen LogP contribution in [0.5, 0.6) is 0 Å². The van der Waals surface area contributed by atoms with Gasteiger partial charge in [-0.05, 0) is 36.5 Å². The second-order valence-corrected chi connectivity index (χ2v) is 6.85. The van der Waals surface area contributed by atoms with E-state index < -0.39 is 0 Å². The van der Waals surface area contributed by atoms with Crippen molar-refractivity contribution in [3.05, 3.63) is 72.8 Å². The molecule has 0 radical (unpaired) electrons. The Balaban J connectivity index is 0. The minimum atomic E-state index is -0.0685. The number of nitrogens with one attached hydrogen (secondary N) is 1. The maximum absolute atomic E-state index is 11.7. The van der Waals surface area contributed by atoms with Crippen molar-refractivity contribution in [2.75, 3.05) is 6.26 Å². The Hall–Kier alpha value is -2.04. The third-order valence-electron chi connectivity index (χ3n) is 3.87. The number of rotatable bonds is 7. The van der Waals surface area contributed by atoms with E-state index in [4.69, 9.17) is 5.73 Å². The minimum absolute atomic E-state index is 0.0137. The Morgan fingerprint density at radius 2 is 1.50 bits per heavy atom. The molecule has 2 rings (SSSR count). The van der Waals surface area contributed by atoms with Gasteiger partial charge in [0.05, 0.1) is 0 Å². The van der Waals surface area contributed by atoms with Crippen LogP contribution in [0.2, 0.25) is 0 Å². The first-order valence-electron chi connectivity index (χ1n) is 10.8. The summed E-state index contributed by atoms with van der Waals surface area (Å²) in [6.07, 6.45) is 5.07. The highest BCUT2D eigenvalue weighted by Gasteiger charge is 2.16. The van der Waals surface area contributed by atoms with Gasteiger partial charge in [-0.2, -0.15) is 0 Å². The van der Waals surface area contributed by atoms with E-state index in [0.29, 0.717) is 6.42 Å². The lowest BCUT2D eigenvalue weighted by Gasteiger charge is -2.16. The van der Waals surface area contributed by atoms with Crippen LogP contribution < -0.4 is 10.5 Å². The highest BCUT2D eigenvalue weighted by atomic mass is 32.2. The Kier molecular flexibility index (Phi) is 20.3. The maximum Gasteiger partial charge on any atom is 0.232 e. The molecule has 0 saturated carbocycles. The molecule has 1 amide bonds. The fourth-order valence-corrected chi connectivity index (χ4v) is 3.01. The van der Waals surface area contributed by atoms with Crippen molar-refractivity contribution in [3.8, 4) is 11.1 Å². The molecule has 3 nitrogen and oxygen atoms in total. The first-order chi connectivity index (χ1) is 14.5. The zero-order chi connectivity index (χ0) is 23.4. The molecule has 0 bridgehead atoms. The SMILES string of the molecule is C=CC.CC.CC.CSNC(=O)[C@H](C)CC(N)Cc1ccc(-c2ccccc2)cc1. The van der Waals surface area contributed by atoms with E-state index in [1.54, 1.807) is 6.08 Å². The summed E-state index contributed by atoms with van der Waals surface area (Å²) in [5.74, 6) is -0.0200. The monoisotopic (exact) mass is 430 g/mol. The van der Waals surface area contributed by atoms with Crippen molar-refractivity contribution in [2.24, 2.45) is 11.7 Å². The van der Waals surface area contributed by atoms with E-state index in [1.165, 1.54) is 28.6 Å². The summed E-state index contributed by atoms with van der Waals surface area (Å²) in [5, 5.41) is 0. The normalized spacial score (nSPS) is 11.1. The van der Waals surface area contributed by atoms with Crippen molar-refractivity contribution in [1.29, 1.82) is 0 Å². The first-order valence-corrected chi connectivity index (χ1v) is 12.0. The molecule has 30 heavy (non-hydrogen) atoms. The molecule has 2 aromatic rings. The summed E-state index contributed by atoms with van der Waals surface area (Å²) >= 11 is 1.33. The van der Waals surface area contributed by atoms with E-state index in [2.05, 4.69) is 47.7 Å². The number of hydrogen-bond donors (Lipinski definition) is 2. The zero-order valence-electron chi connectivity index (χ0n) is 19.9. The molecule has 0 aliphatic heterocycles. The van der Waals surface area contributed by atoms with E-state index in [1.807, 2.05) is 66.0 Å². The highest BCUT2D eigenvalue weighted by molar-refractivity contribution is 7.97. The van der Waals surface area contributed by atoms with E-state index in [0.717, 1.165) is 6.42 Å². The van der Waals surface area contributed by atoms with Crippen LogP contribution in [-0.2, 0) is 11.2 Å². The van der Waals surface area contributed by atoms with Crippen LogP contribution in [0, 0.1) is 5.92 Å². The third-order valence-corrected chi connectivity index (χ3v) is 4.27. The largest absolute Gasteiger partial charge is 0.327 e. The van der Waals surface area contributed by atoms with Gasteiger partial charge in [0.15, 0.2) is 0 Å². The molecule has 2 aromatic carbocycles. The molecule has 0 aliphatic rings. The van der Waals surface area contributed by atoms with Gasteiger partial charge in [-0.15, -0.1) is 6.58 Å².